The molecular weight excluding hydrogens is 213 g/mol. The summed E-state index contributed by atoms with van der Waals surface area (Å²) in [5, 5.41) is 0.829. The van der Waals surface area contributed by atoms with E-state index in [2.05, 4.69) is 6.58 Å². The van der Waals surface area contributed by atoms with E-state index in [9.17, 15) is 4.79 Å². The van der Waals surface area contributed by atoms with E-state index in [0.717, 1.165) is 10.9 Å². The van der Waals surface area contributed by atoms with Gasteiger partial charge in [-0.2, -0.15) is 0 Å². The molecule has 2 radical (unpaired) electrons. The highest BCUT2D eigenvalue weighted by molar-refractivity contribution is 6.38. The molecule has 0 saturated heterocycles. The van der Waals surface area contributed by atoms with Crippen LogP contribution >= 0.6 is 0 Å². The Bertz CT molecular complexity index is 586. The molecule has 0 saturated carbocycles. The van der Waals surface area contributed by atoms with Crippen LogP contribution in [0.3, 0.4) is 0 Å². The van der Waals surface area contributed by atoms with Crippen LogP contribution in [0.15, 0.2) is 30.8 Å². The first kappa shape index (κ1) is 11.5. The number of carbonyl (C=O) groups excluding carboxylic acids is 1. The van der Waals surface area contributed by atoms with E-state index in [1.54, 1.807) is 29.8 Å². The van der Waals surface area contributed by atoms with Crippen LogP contribution < -0.4 is 5.46 Å². The Morgan fingerprint density at radius 1 is 1.59 bits per heavy atom. The van der Waals surface area contributed by atoms with E-state index >= 15 is 0 Å². The molecule has 2 aromatic rings. The van der Waals surface area contributed by atoms with Crippen LogP contribution in [-0.4, -0.2) is 25.0 Å². The maximum atomic E-state index is 11.8. The summed E-state index contributed by atoms with van der Waals surface area (Å²) in [4.78, 5) is 11.8. The van der Waals surface area contributed by atoms with Gasteiger partial charge in [-0.1, -0.05) is 24.2 Å². The molecule has 1 aromatic heterocycles. The minimum atomic E-state index is -0.372. The molecule has 0 spiro atoms. The van der Waals surface area contributed by atoms with Crippen molar-refractivity contribution in [3.05, 3.63) is 36.5 Å². The predicted octanol–water partition coefficient (Wildman–Crippen LogP) is 1.71. The Balaban J connectivity index is 2.68. The van der Waals surface area contributed by atoms with Crippen molar-refractivity contribution in [3.8, 4) is 0 Å². The van der Waals surface area contributed by atoms with Crippen molar-refractivity contribution in [1.82, 2.24) is 4.57 Å². The number of benzene rings is 1. The summed E-state index contributed by atoms with van der Waals surface area (Å²) in [7, 11) is 5.87. The SMILES string of the molecule is [B]c1cccc2c1cc(C(=O)OCC)n2C=C. The zero-order chi connectivity index (χ0) is 12.4. The van der Waals surface area contributed by atoms with Crippen molar-refractivity contribution in [2.24, 2.45) is 0 Å². The Labute approximate surface area is 101 Å². The summed E-state index contributed by atoms with van der Waals surface area (Å²) in [6.07, 6.45) is 1.58. The fourth-order valence-electron chi connectivity index (χ4n) is 1.83. The predicted molar refractivity (Wildman–Crippen MR) is 69.7 cm³/mol. The van der Waals surface area contributed by atoms with Crippen LogP contribution in [0, 0.1) is 0 Å². The van der Waals surface area contributed by atoms with Gasteiger partial charge in [-0.25, -0.2) is 4.79 Å². The molecule has 1 heterocycles. The first-order valence-corrected chi connectivity index (χ1v) is 5.38. The van der Waals surface area contributed by atoms with Gasteiger partial charge in [-0.15, -0.1) is 0 Å². The fraction of sp³-hybridized carbons (Fsp3) is 0.154. The molecule has 3 nitrogen and oxygen atoms in total. The second-order valence-corrected chi connectivity index (χ2v) is 3.58. The maximum Gasteiger partial charge on any atom is 0.355 e. The number of aromatic nitrogens is 1. The summed E-state index contributed by atoms with van der Waals surface area (Å²) in [5.41, 5.74) is 1.92. The van der Waals surface area contributed by atoms with Gasteiger partial charge in [-0.3, -0.25) is 0 Å². The van der Waals surface area contributed by atoms with Crippen molar-refractivity contribution in [2.75, 3.05) is 6.61 Å². The first-order valence-electron chi connectivity index (χ1n) is 5.38. The van der Waals surface area contributed by atoms with Gasteiger partial charge in [0.05, 0.1) is 12.1 Å². The van der Waals surface area contributed by atoms with Crippen LogP contribution in [0.25, 0.3) is 17.1 Å². The zero-order valence-electron chi connectivity index (χ0n) is 9.64. The van der Waals surface area contributed by atoms with Crippen molar-refractivity contribution >= 4 is 36.4 Å². The number of carbonyl (C=O) groups is 1. The normalized spacial score (nSPS) is 10.4. The molecule has 1 aromatic carbocycles. The van der Waals surface area contributed by atoms with Gasteiger partial charge in [0.2, 0.25) is 0 Å². The molecule has 0 amide bonds. The minimum Gasteiger partial charge on any atom is -0.461 e. The molecule has 0 atom stereocenters. The van der Waals surface area contributed by atoms with Crippen LogP contribution in [0.4, 0.5) is 0 Å². The lowest BCUT2D eigenvalue weighted by molar-refractivity contribution is 0.0518. The molecule has 0 unspecified atom stereocenters. The smallest absolute Gasteiger partial charge is 0.355 e. The van der Waals surface area contributed by atoms with Gasteiger partial charge in [-0.05, 0) is 24.4 Å². The molecule has 2 rings (SSSR count). The molecule has 4 heteroatoms. The van der Waals surface area contributed by atoms with E-state index in [-0.39, 0.29) is 5.97 Å². The van der Waals surface area contributed by atoms with Gasteiger partial charge in [0.25, 0.3) is 0 Å². The minimum absolute atomic E-state index is 0.340. The Morgan fingerprint density at radius 2 is 2.35 bits per heavy atom. The molecule has 84 valence electrons. The average Bonchev–Trinajstić information content (AvgIpc) is 2.69. The van der Waals surface area contributed by atoms with Crippen molar-refractivity contribution < 1.29 is 9.53 Å². The monoisotopic (exact) mass is 225 g/mol. The second-order valence-electron chi connectivity index (χ2n) is 3.58. The van der Waals surface area contributed by atoms with E-state index < -0.39 is 0 Å². The van der Waals surface area contributed by atoms with E-state index in [4.69, 9.17) is 12.6 Å². The molecule has 0 fully saturated rings. The quantitative estimate of drug-likeness (QED) is 0.588. The number of hydrogen-bond donors (Lipinski definition) is 0. The number of rotatable bonds is 3. The number of nitrogens with zero attached hydrogens (tertiary/aromatic N) is 1. The summed E-state index contributed by atoms with van der Waals surface area (Å²) >= 11 is 0. The largest absolute Gasteiger partial charge is 0.461 e. The van der Waals surface area contributed by atoms with Gasteiger partial charge >= 0.3 is 5.97 Å². The maximum absolute atomic E-state index is 11.8. The second kappa shape index (κ2) is 4.49. The van der Waals surface area contributed by atoms with Crippen LogP contribution in [-0.2, 0) is 4.74 Å². The van der Waals surface area contributed by atoms with Gasteiger partial charge in [0.15, 0.2) is 0 Å². The van der Waals surface area contributed by atoms with Gasteiger partial charge in [0, 0.05) is 6.20 Å². The topological polar surface area (TPSA) is 31.2 Å². The highest BCUT2D eigenvalue weighted by Crippen LogP contribution is 2.19. The number of esters is 1. The lowest BCUT2D eigenvalue weighted by Gasteiger charge is -2.04. The molecule has 0 aliphatic heterocycles. The molecule has 0 N–H and O–H groups in total. The highest BCUT2D eigenvalue weighted by atomic mass is 16.5. The third kappa shape index (κ3) is 1.86. The van der Waals surface area contributed by atoms with E-state index in [1.165, 1.54) is 0 Å². The Hall–Kier alpha value is -1.97. The Kier molecular flexibility index (Phi) is 3.05. The van der Waals surface area contributed by atoms with Crippen LogP contribution in [0.1, 0.15) is 17.4 Å². The standard InChI is InChI=1S/C13H12BNO2/c1-3-15-11-7-5-6-10(14)9(11)8-12(15)13(16)17-4-2/h3,5-8H,1,4H2,2H3. The lowest BCUT2D eigenvalue weighted by Crippen LogP contribution is -2.08. The summed E-state index contributed by atoms with van der Waals surface area (Å²) < 4.78 is 6.68. The van der Waals surface area contributed by atoms with Crippen molar-refractivity contribution in [1.29, 1.82) is 0 Å². The van der Waals surface area contributed by atoms with Crippen LogP contribution in [0.2, 0.25) is 0 Å². The molecule has 0 aliphatic rings. The van der Waals surface area contributed by atoms with E-state index in [0.29, 0.717) is 17.8 Å². The van der Waals surface area contributed by atoms with Crippen molar-refractivity contribution in [3.63, 3.8) is 0 Å². The highest BCUT2D eigenvalue weighted by Gasteiger charge is 2.15. The molecule has 0 bridgehead atoms. The lowest BCUT2D eigenvalue weighted by atomic mass is 9.92. The van der Waals surface area contributed by atoms with Gasteiger partial charge in [0.1, 0.15) is 13.5 Å². The number of ether oxygens (including phenoxy) is 1. The summed E-state index contributed by atoms with van der Waals surface area (Å²) in [5.74, 6) is -0.372. The average molecular weight is 225 g/mol. The van der Waals surface area contributed by atoms with Crippen LogP contribution in [0.5, 0.6) is 0 Å². The first-order chi connectivity index (χ1) is 8.19. The fourth-order valence-corrected chi connectivity index (χ4v) is 1.83. The Morgan fingerprint density at radius 3 is 3.00 bits per heavy atom. The third-order valence-corrected chi connectivity index (χ3v) is 2.58. The third-order valence-electron chi connectivity index (χ3n) is 2.58. The van der Waals surface area contributed by atoms with E-state index in [1.807, 2.05) is 12.1 Å². The van der Waals surface area contributed by atoms with Crippen molar-refractivity contribution in [2.45, 2.75) is 6.92 Å². The summed E-state index contributed by atoms with van der Waals surface area (Å²) in [6, 6.07) is 7.25. The number of fused-ring (bicyclic) bond motifs is 1. The zero-order valence-corrected chi connectivity index (χ0v) is 9.64. The molecule has 17 heavy (non-hydrogen) atoms. The summed E-state index contributed by atoms with van der Waals surface area (Å²) in [6.45, 7) is 5.81. The molecule has 0 aliphatic carbocycles. The molecular formula is C13H12BNO2. The van der Waals surface area contributed by atoms with Gasteiger partial charge < -0.3 is 9.30 Å². The number of hydrogen-bond acceptors (Lipinski definition) is 2.